The average Bonchev–Trinajstić information content (AvgIpc) is 2.97. The van der Waals surface area contributed by atoms with Crippen molar-refractivity contribution < 1.29 is 9.57 Å². The van der Waals surface area contributed by atoms with E-state index in [1.165, 1.54) is 5.69 Å². The van der Waals surface area contributed by atoms with Gasteiger partial charge in [-0.3, -0.25) is 0 Å². The lowest BCUT2D eigenvalue weighted by atomic mass is 10.0. The Labute approximate surface area is 113 Å². The predicted octanol–water partition coefficient (Wildman–Crippen LogP) is 0.975. The second-order valence-corrected chi connectivity index (χ2v) is 4.85. The summed E-state index contributed by atoms with van der Waals surface area (Å²) in [5, 5.41) is 4.10. The fourth-order valence-corrected chi connectivity index (χ4v) is 2.41. The first-order valence-electron chi connectivity index (χ1n) is 6.72. The topological polar surface area (TPSA) is 60.1 Å². The third kappa shape index (κ3) is 2.72. The quantitative estimate of drug-likeness (QED) is 0.881. The zero-order valence-electron chi connectivity index (χ0n) is 10.9. The van der Waals surface area contributed by atoms with Crippen LogP contribution in [0, 0.1) is 0 Å². The van der Waals surface area contributed by atoms with Crippen molar-refractivity contribution in [2.45, 2.75) is 12.5 Å². The lowest BCUT2D eigenvalue weighted by Crippen LogP contribution is -2.36. The van der Waals surface area contributed by atoms with E-state index in [2.05, 4.69) is 34.3 Å². The highest BCUT2D eigenvalue weighted by Crippen LogP contribution is 2.20. The van der Waals surface area contributed by atoms with Crippen LogP contribution < -0.4 is 10.6 Å². The first kappa shape index (κ1) is 12.4. The molecule has 5 heteroatoms. The first-order valence-corrected chi connectivity index (χ1v) is 6.72. The van der Waals surface area contributed by atoms with Crippen LogP contribution in [0.1, 0.15) is 12.0 Å². The summed E-state index contributed by atoms with van der Waals surface area (Å²) in [5.74, 6) is 0. The number of nitrogens with zero attached hydrogens (tertiary/aromatic N) is 2. The predicted molar refractivity (Wildman–Crippen MR) is 74.6 cm³/mol. The van der Waals surface area contributed by atoms with Gasteiger partial charge in [0, 0.05) is 31.7 Å². The highest BCUT2D eigenvalue weighted by atomic mass is 16.6. The van der Waals surface area contributed by atoms with E-state index < -0.39 is 0 Å². The van der Waals surface area contributed by atoms with E-state index in [1.54, 1.807) is 0 Å². The van der Waals surface area contributed by atoms with Gasteiger partial charge in [0.1, 0.15) is 6.10 Å². The van der Waals surface area contributed by atoms with Crippen molar-refractivity contribution in [1.29, 1.82) is 0 Å². The van der Waals surface area contributed by atoms with Gasteiger partial charge >= 0.3 is 0 Å². The van der Waals surface area contributed by atoms with E-state index in [0.717, 1.165) is 44.0 Å². The standard InChI is InChI=1S/C14H19N3O2/c15-10-13-9-14(16-19-13)11-1-3-12(4-2-11)17-5-7-18-8-6-17/h1-4,13H,5-10,15H2. The van der Waals surface area contributed by atoms with Crippen molar-refractivity contribution in [2.24, 2.45) is 10.9 Å². The molecule has 19 heavy (non-hydrogen) atoms. The van der Waals surface area contributed by atoms with Crippen LogP contribution in [0.4, 0.5) is 5.69 Å². The van der Waals surface area contributed by atoms with Gasteiger partial charge in [-0.2, -0.15) is 0 Å². The Balaban J connectivity index is 1.69. The Hall–Kier alpha value is -1.59. The fourth-order valence-electron chi connectivity index (χ4n) is 2.41. The molecule has 1 aromatic rings. The van der Waals surface area contributed by atoms with Gasteiger partial charge in [-0.05, 0) is 17.7 Å². The lowest BCUT2D eigenvalue weighted by molar-refractivity contribution is 0.0918. The highest BCUT2D eigenvalue weighted by Gasteiger charge is 2.20. The molecule has 1 unspecified atom stereocenters. The maximum atomic E-state index is 5.58. The number of oxime groups is 1. The van der Waals surface area contributed by atoms with Crippen LogP contribution in [0.3, 0.4) is 0 Å². The maximum Gasteiger partial charge on any atom is 0.145 e. The van der Waals surface area contributed by atoms with Gasteiger partial charge < -0.3 is 20.2 Å². The Morgan fingerprint density at radius 3 is 2.58 bits per heavy atom. The van der Waals surface area contributed by atoms with Gasteiger partial charge in [0.2, 0.25) is 0 Å². The zero-order valence-corrected chi connectivity index (χ0v) is 10.9. The number of benzene rings is 1. The van der Waals surface area contributed by atoms with Gasteiger partial charge in [0.15, 0.2) is 0 Å². The second kappa shape index (κ2) is 5.59. The van der Waals surface area contributed by atoms with Crippen LogP contribution in [0.15, 0.2) is 29.4 Å². The molecule has 2 N–H and O–H groups in total. The number of nitrogens with two attached hydrogens (primary N) is 1. The summed E-state index contributed by atoms with van der Waals surface area (Å²) in [7, 11) is 0. The molecule has 0 spiro atoms. The number of anilines is 1. The molecule has 0 radical (unpaired) electrons. The van der Waals surface area contributed by atoms with Gasteiger partial charge in [-0.25, -0.2) is 0 Å². The van der Waals surface area contributed by atoms with E-state index in [1.807, 2.05) is 0 Å². The van der Waals surface area contributed by atoms with Gasteiger partial charge in [-0.1, -0.05) is 17.3 Å². The van der Waals surface area contributed by atoms with Crippen molar-refractivity contribution in [3.05, 3.63) is 29.8 Å². The van der Waals surface area contributed by atoms with Crippen molar-refractivity contribution in [1.82, 2.24) is 0 Å². The molecule has 0 aromatic heterocycles. The highest BCUT2D eigenvalue weighted by molar-refractivity contribution is 6.01. The summed E-state index contributed by atoms with van der Waals surface area (Å²) in [6, 6.07) is 8.48. The molecule has 2 aliphatic heterocycles. The second-order valence-electron chi connectivity index (χ2n) is 4.85. The molecule has 5 nitrogen and oxygen atoms in total. The van der Waals surface area contributed by atoms with Crippen LogP contribution in [0.25, 0.3) is 0 Å². The molecule has 0 bridgehead atoms. The number of hydrogen-bond donors (Lipinski definition) is 1. The fraction of sp³-hybridized carbons (Fsp3) is 0.500. The summed E-state index contributed by atoms with van der Waals surface area (Å²) < 4.78 is 5.36. The van der Waals surface area contributed by atoms with Crippen molar-refractivity contribution >= 4 is 11.4 Å². The van der Waals surface area contributed by atoms with E-state index in [4.69, 9.17) is 15.3 Å². The molecule has 0 aliphatic carbocycles. The third-order valence-corrected chi connectivity index (χ3v) is 3.57. The summed E-state index contributed by atoms with van der Waals surface area (Å²) in [4.78, 5) is 7.59. The minimum absolute atomic E-state index is 0.0360. The molecule has 2 aliphatic rings. The SMILES string of the molecule is NCC1CC(c2ccc(N3CCOCC3)cc2)=NO1. The molecule has 3 rings (SSSR count). The van der Waals surface area contributed by atoms with E-state index in [9.17, 15) is 0 Å². The smallest absolute Gasteiger partial charge is 0.145 e. The monoisotopic (exact) mass is 261 g/mol. The molecule has 102 valence electrons. The van der Waals surface area contributed by atoms with Crippen LogP contribution in [-0.2, 0) is 9.57 Å². The molecule has 0 saturated carbocycles. The lowest BCUT2D eigenvalue weighted by Gasteiger charge is -2.28. The van der Waals surface area contributed by atoms with Gasteiger partial charge in [-0.15, -0.1) is 0 Å². The molecular weight excluding hydrogens is 242 g/mol. The number of morpholine rings is 1. The Morgan fingerprint density at radius 1 is 1.21 bits per heavy atom. The molecule has 1 aromatic carbocycles. The molecular formula is C14H19N3O2. The van der Waals surface area contributed by atoms with Crippen molar-refractivity contribution in [3.63, 3.8) is 0 Å². The number of ether oxygens (including phenoxy) is 1. The summed E-state index contributed by atoms with van der Waals surface area (Å²) in [6.07, 6.45) is 0.835. The van der Waals surface area contributed by atoms with Crippen LogP contribution >= 0.6 is 0 Å². The summed E-state index contributed by atoms with van der Waals surface area (Å²) in [5.41, 5.74) is 8.93. The molecule has 1 saturated heterocycles. The summed E-state index contributed by atoms with van der Waals surface area (Å²) in [6.45, 7) is 4.04. The molecule has 1 fully saturated rings. The van der Waals surface area contributed by atoms with Gasteiger partial charge in [0.05, 0.1) is 18.9 Å². The van der Waals surface area contributed by atoms with E-state index >= 15 is 0 Å². The van der Waals surface area contributed by atoms with Crippen LogP contribution in [0.2, 0.25) is 0 Å². The third-order valence-electron chi connectivity index (χ3n) is 3.57. The maximum absolute atomic E-state index is 5.58. The van der Waals surface area contributed by atoms with Gasteiger partial charge in [0.25, 0.3) is 0 Å². The van der Waals surface area contributed by atoms with Crippen LogP contribution in [-0.4, -0.2) is 44.7 Å². The first-order chi connectivity index (χ1) is 9.36. The normalized spacial score (nSPS) is 23.1. The Morgan fingerprint density at radius 2 is 1.95 bits per heavy atom. The Kier molecular flexibility index (Phi) is 3.66. The van der Waals surface area contributed by atoms with Crippen molar-refractivity contribution in [2.75, 3.05) is 37.7 Å². The molecule has 2 heterocycles. The zero-order chi connectivity index (χ0) is 13.1. The summed E-state index contributed by atoms with van der Waals surface area (Å²) >= 11 is 0. The number of rotatable bonds is 3. The van der Waals surface area contributed by atoms with Crippen molar-refractivity contribution in [3.8, 4) is 0 Å². The van der Waals surface area contributed by atoms with E-state index in [-0.39, 0.29) is 6.10 Å². The Bertz CT molecular complexity index is 452. The average molecular weight is 261 g/mol. The van der Waals surface area contributed by atoms with Crippen LogP contribution in [0.5, 0.6) is 0 Å². The largest absolute Gasteiger partial charge is 0.390 e. The minimum Gasteiger partial charge on any atom is -0.390 e. The molecule has 1 atom stereocenters. The minimum atomic E-state index is 0.0360. The molecule has 0 amide bonds. The van der Waals surface area contributed by atoms with E-state index in [0.29, 0.717) is 6.54 Å². The number of hydrogen-bond acceptors (Lipinski definition) is 5.